The number of ether oxygens (including phenoxy) is 2. The largest absolute Gasteiger partial charge is 0.494 e. The molecule has 0 spiro atoms. The van der Waals surface area contributed by atoms with Crippen LogP contribution < -0.4 is 19.7 Å². The number of rotatable bonds is 9. The lowest BCUT2D eigenvalue weighted by molar-refractivity contribution is 0.0953. The maximum Gasteiger partial charge on any atom is 0.254 e. The van der Waals surface area contributed by atoms with Crippen molar-refractivity contribution in [1.82, 2.24) is 10.2 Å². The fraction of sp³-hybridized carbons (Fsp3) is 0.423. The number of ketones is 1. The molecule has 3 rings (SSSR count). The molecule has 1 aliphatic rings. The van der Waals surface area contributed by atoms with Gasteiger partial charge in [0, 0.05) is 38.8 Å². The standard InChI is InChI=1S/C26H34N4O4.BrH/c1-8-34-23-11-17-13-30(25(27)19(17)12-20(23)26(32)28-4)14-22(31)16-9-18(15(2)3)24(33-7)21(10-16)29(5)6;/h9-12,15,27H,8,13-14H2,1-7H3,(H,28,32);1H. The number of anilines is 1. The van der Waals surface area contributed by atoms with Gasteiger partial charge in [0.05, 0.1) is 31.5 Å². The van der Waals surface area contributed by atoms with E-state index in [1.807, 2.05) is 38.1 Å². The predicted molar refractivity (Wildman–Crippen MR) is 144 cm³/mol. The number of fused-ring (bicyclic) bond motifs is 1. The molecular formula is C26H35BrN4O4. The van der Waals surface area contributed by atoms with Crippen molar-refractivity contribution in [3.63, 3.8) is 0 Å². The van der Waals surface area contributed by atoms with E-state index in [9.17, 15) is 9.59 Å². The smallest absolute Gasteiger partial charge is 0.254 e. The monoisotopic (exact) mass is 546 g/mol. The van der Waals surface area contributed by atoms with Gasteiger partial charge in [-0.25, -0.2) is 0 Å². The van der Waals surface area contributed by atoms with Crippen LogP contribution in [0.5, 0.6) is 11.5 Å². The van der Waals surface area contributed by atoms with Crippen LogP contribution in [0, 0.1) is 5.41 Å². The predicted octanol–water partition coefficient (Wildman–Crippen LogP) is 4.24. The second kappa shape index (κ2) is 11.6. The number of amidine groups is 1. The highest BCUT2D eigenvalue weighted by Crippen LogP contribution is 2.37. The lowest BCUT2D eigenvalue weighted by Crippen LogP contribution is -2.30. The normalized spacial score (nSPS) is 12.2. The van der Waals surface area contributed by atoms with Crippen LogP contribution in [-0.2, 0) is 6.54 Å². The quantitative estimate of drug-likeness (QED) is 0.456. The van der Waals surface area contributed by atoms with E-state index in [4.69, 9.17) is 14.9 Å². The first kappa shape index (κ1) is 28.2. The average molecular weight is 547 g/mol. The van der Waals surface area contributed by atoms with E-state index in [0.717, 1.165) is 22.6 Å². The molecule has 0 saturated heterocycles. The van der Waals surface area contributed by atoms with E-state index in [-0.39, 0.29) is 47.0 Å². The number of Topliss-reactive ketones (excluding diaryl/α,β-unsaturated/α-hetero) is 1. The molecule has 0 radical (unpaired) electrons. The fourth-order valence-electron chi connectivity index (χ4n) is 4.19. The van der Waals surface area contributed by atoms with Crippen molar-refractivity contribution in [1.29, 1.82) is 5.41 Å². The Kier molecular flexibility index (Phi) is 9.31. The van der Waals surface area contributed by atoms with Crippen molar-refractivity contribution in [2.24, 2.45) is 0 Å². The van der Waals surface area contributed by atoms with Gasteiger partial charge in [0.1, 0.15) is 17.3 Å². The van der Waals surface area contributed by atoms with Crippen LogP contribution in [0.1, 0.15) is 64.1 Å². The maximum absolute atomic E-state index is 13.4. The van der Waals surface area contributed by atoms with Gasteiger partial charge in [-0.05, 0) is 48.2 Å². The Balaban J connectivity index is 0.00000432. The topological polar surface area (TPSA) is 95.0 Å². The minimum atomic E-state index is -0.274. The van der Waals surface area contributed by atoms with Gasteiger partial charge in [-0.2, -0.15) is 0 Å². The Hall–Kier alpha value is -3.07. The summed E-state index contributed by atoms with van der Waals surface area (Å²) in [5.41, 5.74) is 4.27. The summed E-state index contributed by atoms with van der Waals surface area (Å²) in [6, 6.07) is 7.22. The third-order valence-electron chi connectivity index (χ3n) is 5.97. The zero-order valence-electron chi connectivity index (χ0n) is 21.4. The number of nitrogens with one attached hydrogen (secondary N) is 2. The van der Waals surface area contributed by atoms with Crippen molar-refractivity contribution < 1.29 is 19.1 Å². The first-order valence-corrected chi connectivity index (χ1v) is 11.4. The Labute approximate surface area is 217 Å². The van der Waals surface area contributed by atoms with Gasteiger partial charge in [-0.3, -0.25) is 15.0 Å². The molecule has 2 aromatic carbocycles. The number of methoxy groups -OCH3 is 1. The molecule has 9 heteroatoms. The number of nitrogens with zero attached hydrogens (tertiary/aromatic N) is 2. The van der Waals surface area contributed by atoms with Gasteiger partial charge in [0.15, 0.2) is 5.78 Å². The lowest BCUT2D eigenvalue weighted by Gasteiger charge is -2.23. The summed E-state index contributed by atoms with van der Waals surface area (Å²) in [4.78, 5) is 29.4. The van der Waals surface area contributed by atoms with Crippen molar-refractivity contribution in [3.05, 3.63) is 52.1 Å². The van der Waals surface area contributed by atoms with E-state index in [1.165, 1.54) is 0 Å². The van der Waals surface area contributed by atoms with Crippen LogP contribution in [0.2, 0.25) is 0 Å². The van der Waals surface area contributed by atoms with Crippen LogP contribution in [0.15, 0.2) is 24.3 Å². The van der Waals surface area contributed by atoms with Crippen LogP contribution in [-0.4, -0.2) is 63.8 Å². The summed E-state index contributed by atoms with van der Waals surface area (Å²) < 4.78 is 11.3. The van der Waals surface area contributed by atoms with Crippen molar-refractivity contribution in [2.75, 3.05) is 46.3 Å². The zero-order chi connectivity index (χ0) is 25.2. The van der Waals surface area contributed by atoms with Gasteiger partial charge < -0.3 is 24.6 Å². The number of hydrogen-bond acceptors (Lipinski definition) is 6. The molecule has 2 N–H and O–H groups in total. The van der Waals surface area contributed by atoms with Gasteiger partial charge in [0.25, 0.3) is 5.91 Å². The van der Waals surface area contributed by atoms with Crippen LogP contribution >= 0.6 is 17.0 Å². The summed E-state index contributed by atoms with van der Waals surface area (Å²) in [7, 11) is 7.04. The third kappa shape index (κ3) is 5.61. The molecule has 0 aliphatic carbocycles. The van der Waals surface area contributed by atoms with E-state index in [2.05, 4.69) is 19.2 Å². The van der Waals surface area contributed by atoms with Gasteiger partial charge >= 0.3 is 0 Å². The van der Waals surface area contributed by atoms with Gasteiger partial charge in [0.2, 0.25) is 0 Å². The molecule has 1 heterocycles. The Morgan fingerprint density at radius 3 is 2.43 bits per heavy atom. The highest BCUT2D eigenvalue weighted by Gasteiger charge is 2.30. The molecule has 2 aromatic rings. The summed E-state index contributed by atoms with van der Waals surface area (Å²) >= 11 is 0. The van der Waals surface area contributed by atoms with E-state index in [1.54, 1.807) is 31.2 Å². The number of carbonyl (C=O) groups excluding carboxylic acids is 2. The molecule has 1 amide bonds. The molecule has 0 unspecified atom stereocenters. The SMILES string of the molecule is Br.CCOc1cc2c(cc1C(=O)NC)C(=N)N(CC(=O)c1cc(C(C)C)c(OC)c(N(C)C)c1)C2. The van der Waals surface area contributed by atoms with Crippen LogP contribution in [0.3, 0.4) is 0 Å². The van der Waals surface area contributed by atoms with Crippen molar-refractivity contribution >= 4 is 40.2 Å². The Bertz CT molecular complexity index is 1100. The highest BCUT2D eigenvalue weighted by atomic mass is 79.9. The van der Waals surface area contributed by atoms with Crippen LogP contribution in [0.25, 0.3) is 0 Å². The zero-order valence-corrected chi connectivity index (χ0v) is 23.2. The second-order valence-corrected chi connectivity index (χ2v) is 8.81. The number of benzene rings is 2. The molecule has 8 nitrogen and oxygen atoms in total. The molecule has 35 heavy (non-hydrogen) atoms. The van der Waals surface area contributed by atoms with Gasteiger partial charge in [-0.1, -0.05) is 13.8 Å². The van der Waals surface area contributed by atoms with Crippen molar-refractivity contribution in [3.8, 4) is 11.5 Å². The van der Waals surface area contributed by atoms with Gasteiger partial charge in [-0.15, -0.1) is 17.0 Å². The molecule has 0 atom stereocenters. The van der Waals surface area contributed by atoms with Crippen LogP contribution in [0.4, 0.5) is 5.69 Å². The molecular weight excluding hydrogens is 512 g/mol. The Morgan fingerprint density at radius 1 is 1.20 bits per heavy atom. The minimum Gasteiger partial charge on any atom is -0.494 e. The summed E-state index contributed by atoms with van der Waals surface area (Å²) in [6.45, 7) is 6.88. The number of amides is 1. The molecule has 0 aromatic heterocycles. The third-order valence-corrected chi connectivity index (χ3v) is 5.97. The fourth-order valence-corrected chi connectivity index (χ4v) is 4.19. The number of halogens is 1. The number of carbonyl (C=O) groups is 2. The Morgan fingerprint density at radius 2 is 1.89 bits per heavy atom. The first-order chi connectivity index (χ1) is 16.1. The summed E-state index contributed by atoms with van der Waals surface area (Å²) in [5, 5.41) is 11.3. The van der Waals surface area contributed by atoms with E-state index in [0.29, 0.717) is 35.6 Å². The second-order valence-electron chi connectivity index (χ2n) is 8.81. The summed E-state index contributed by atoms with van der Waals surface area (Å²) in [5.74, 6) is 1.29. The molecule has 190 valence electrons. The van der Waals surface area contributed by atoms with E-state index >= 15 is 0 Å². The average Bonchev–Trinajstić information content (AvgIpc) is 3.11. The summed E-state index contributed by atoms with van der Waals surface area (Å²) in [6.07, 6.45) is 0. The maximum atomic E-state index is 13.4. The first-order valence-electron chi connectivity index (χ1n) is 11.4. The minimum absolute atomic E-state index is 0. The molecule has 1 aliphatic heterocycles. The van der Waals surface area contributed by atoms with Crippen molar-refractivity contribution in [2.45, 2.75) is 33.2 Å². The molecule has 0 fully saturated rings. The number of hydrogen-bond donors (Lipinski definition) is 2. The van der Waals surface area contributed by atoms with E-state index < -0.39 is 0 Å². The lowest BCUT2D eigenvalue weighted by atomic mass is 9.96. The molecule has 0 bridgehead atoms. The molecule has 0 saturated carbocycles. The highest BCUT2D eigenvalue weighted by molar-refractivity contribution is 8.93.